The fraction of sp³-hybridized carbons (Fsp3) is 0.448. The van der Waals surface area contributed by atoms with Crippen LogP contribution in [-0.2, 0) is 11.3 Å². The van der Waals surface area contributed by atoms with Gasteiger partial charge in [0.25, 0.3) is 5.56 Å². The molecule has 35 heavy (non-hydrogen) atoms. The first-order valence-electron chi connectivity index (χ1n) is 13.1. The van der Waals surface area contributed by atoms with Gasteiger partial charge in [-0.25, -0.2) is 0 Å². The van der Waals surface area contributed by atoms with Gasteiger partial charge in [0.1, 0.15) is 0 Å². The SMILES string of the molecule is O=C([C@@H]1CCCN(Cc2ccccc2)C1)N1[C@@H]2CC[C@H]1CC(Nc1ccc3c(=O)[nH]ccc3c1)C2. The number of H-pyrrole nitrogens is 1. The van der Waals surface area contributed by atoms with Crippen LogP contribution in [0.5, 0.6) is 0 Å². The van der Waals surface area contributed by atoms with E-state index in [0.29, 0.717) is 29.4 Å². The maximum Gasteiger partial charge on any atom is 0.255 e. The first-order chi connectivity index (χ1) is 17.1. The Kier molecular flexibility index (Phi) is 6.06. The molecule has 1 unspecified atom stereocenters. The van der Waals surface area contributed by atoms with Crippen molar-refractivity contribution in [2.45, 2.75) is 63.2 Å². The van der Waals surface area contributed by atoms with E-state index in [9.17, 15) is 9.59 Å². The normalized spacial score (nSPS) is 26.7. The van der Waals surface area contributed by atoms with Crippen LogP contribution in [0.3, 0.4) is 0 Å². The van der Waals surface area contributed by atoms with Crippen molar-refractivity contribution in [2.75, 3.05) is 18.4 Å². The van der Waals surface area contributed by atoms with E-state index in [1.807, 2.05) is 18.2 Å². The summed E-state index contributed by atoms with van der Waals surface area (Å²) in [4.78, 5) is 33.2. The molecule has 4 heterocycles. The third kappa shape index (κ3) is 4.59. The first kappa shape index (κ1) is 22.4. The second kappa shape index (κ2) is 9.50. The van der Waals surface area contributed by atoms with Crippen LogP contribution in [0.2, 0.25) is 0 Å². The van der Waals surface area contributed by atoms with Crippen LogP contribution in [0.15, 0.2) is 65.6 Å². The van der Waals surface area contributed by atoms with E-state index in [4.69, 9.17) is 0 Å². The van der Waals surface area contributed by atoms with Gasteiger partial charge in [-0.1, -0.05) is 30.3 Å². The number of hydrogen-bond donors (Lipinski definition) is 2. The number of benzene rings is 2. The monoisotopic (exact) mass is 470 g/mol. The molecule has 6 heteroatoms. The number of hydrogen-bond acceptors (Lipinski definition) is 4. The maximum absolute atomic E-state index is 13.7. The second-order valence-corrected chi connectivity index (χ2v) is 10.6. The molecule has 0 saturated carbocycles. The van der Waals surface area contributed by atoms with Gasteiger partial charge in [0, 0.05) is 48.5 Å². The molecule has 1 amide bonds. The molecular weight excluding hydrogens is 436 g/mol. The van der Waals surface area contributed by atoms with Gasteiger partial charge in [0.15, 0.2) is 0 Å². The summed E-state index contributed by atoms with van der Waals surface area (Å²) in [6.07, 6.45) is 8.03. The summed E-state index contributed by atoms with van der Waals surface area (Å²) in [5.74, 6) is 0.511. The Labute approximate surface area is 206 Å². The molecule has 0 aliphatic carbocycles. The first-order valence-corrected chi connectivity index (χ1v) is 13.1. The Bertz CT molecular complexity index is 1240. The minimum Gasteiger partial charge on any atom is -0.382 e. The quantitative estimate of drug-likeness (QED) is 0.581. The third-order valence-electron chi connectivity index (χ3n) is 8.24. The van der Waals surface area contributed by atoms with Gasteiger partial charge in [-0.2, -0.15) is 0 Å². The highest BCUT2D eigenvalue weighted by molar-refractivity contribution is 5.84. The Hall–Kier alpha value is -3.12. The lowest BCUT2D eigenvalue weighted by Crippen LogP contribution is -2.53. The van der Waals surface area contributed by atoms with Gasteiger partial charge < -0.3 is 15.2 Å². The molecule has 3 aliphatic rings. The molecule has 0 radical (unpaired) electrons. The molecule has 182 valence electrons. The maximum atomic E-state index is 13.7. The predicted octanol–water partition coefficient (Wildman–Crippen LogP) is 4.37. The smallest absolute Gasteiger partial charge is 0.255 e. The summed E-state index contributed by atoms with van der Waals surface area (Å²) in [7, 11) is 0. The molecule has 4 atom stereocenters. The molecule has 6 nitrogen and oxygen atoms in total. The number of piperidine rings is 2. The van der Waals surface area contributed by atoms with Crippen LogP contribution in [0, 0.1) is 5.92 Å². The van der Waals surface area contributed by atoms with Crippen molar-refractivity contribution in [3.05, 3.63) is 76.7 Å². The van der Waals surface area contributed by atoms with E-state index >= 15 is 0 Å². The van der Waals surface area contributed by atoms with Crippen molar-refractivity contribution in [2.24, 2.45) is 5.92 Å². The molecule has 3 aliphatic heterocycles. The number of anilines is 1. The van der Waals surface area contributed by atoms with E-state index in [0.717, 1.165) is 69.2 Å². The number of carbonyl (C=O) groups is 1. The number of pyridine rings is 1. The minimum atomic E-state index is -0.0519. The van der Waals surface area contributed by atoms with E-state index < -0.39 is 0 Å². The van der Waals surface area contributed by atoms with Crippen molar-refractivity contribution in [3.63, 3.8) is 0 Å². The number of aromatic nitrogens is 1. The van der Waals surface area contributed by atoms with Crippen LogP contribution in [0.4, 0.5) is 5.69 Å². The number of carbonyl (C=O) groups excluding carboxylic acids is 1. The van der Waals surface area contributed by atoms with Crippen molar-refractivity contribution in [3.8, 4) is 0 Å². The minimum absolute atomic E-state index is 0.0519. The van der Waals surface area contributed by atoms with Crippen LogP contribution in [0.1, 0.15) is 44.1 Å². The molecule has 2 aromatic carbocycles. The fourth-order valence-corrected chi connectivity index (χ4v) is 6.63. The van der Waals surface area contributed by atoms with Crippen LogP contribution >= 0.6 is 0 Å². The molecular formula is C29H34N4O2. The number of nitrogens with one attached hydrogen (secondary N) is 2. The zero-order chi connectivity index (χ0) is 23.8. The average Bonchev–Trinajstić information content (AvgIpc) is 3.14. The highest BCUT2D eigenvalue weighted by Crippen LogP contribution is 2.39. The largest absolute Gasteiger partial charge is 0.382 e. The predicted molar refractivity (Wildman–Crippen MR) is 139 cm³/mol. The zero-order valence-corrected chi connectivity index (χ0v) is 20.2. The number of aromatic amines is 1. The van der Waals surface area contributed by atoms with Gasteiger partial charge in [-0.15, -0.1) is 0 Å². The Balaban J connectivity index is 1.10. The summed E-state index contributed by atoms with van der Waals surface area (Å²) in [6, 6.07) is 19.5. The van der Waals surface area contributed by atoms with Crippen molar-refractivity contribution in [1.29, 1.82) is 0 Å². The fourth-order valence-electron chi connectivity index (χ4n) is 6.63. The van der Waals surface area contributed by atoms with E-state index in [-0.39, 0.29) is 11.5 Å². The molecule has 3 aromatic rings. The lowest BCUT2D eigenvalue weighted by atomic mass is 9.91. The van der Waals surface area contributed by atoms with Crippen LogP contribution in [0.25, 0.3) is 10.8 Å². The summed E-state index contributed by atoms with van der Waals surface area (Å²) in [5, 5.41) is 5.37. The Morgan fingerprint density at radius 3 is 2.60 bits per heavy atom. The number of fused-ring (bicyclic) bond motifs is 3. The Morgan fingerprint density at radius 2 is 1.80 bits per heavy atom. The number of amides is 1. The second-order valence-electron chi connectivity index (χ2n) is 10.6. The third-order valence-corrected chi connectivity index (χ3v) is 8.24. The zero-order valence-electron chi connectivity index (χ0n) is 20.2. The summed E-state index contributed by atoms with van der Waals surface area (Å²) < 4.78 is 0. The summed E-state index contributed by atoms with van der Waals surface area (Å²) in [6.45, 7) is 2.89. The van der Waals surface area contributed by atoms with E-state index in [1.165, 1.54) is 5.56 Å². The average molecular weight is 471 g/mol. The van der Waals surface area contributed by atoms with Gasteiger partial charge in [-0.3, -0.25) is 14.5 Å². The summed E-state index contributed by atoms with van der Waals surface area (Å²) in [5.41, 5.74) is 2.32. The number of nitrogens with zero attached hydrogens (tertiary/aromatic N) is 2. The van der Waals surface area contributed by atoms with Gasteiger partial charge >= 0.3 is 0 Å². The molecule has 3 saturated heterocycles. The highest BCUT2D eigenvalue weighted by atomic mass is 16.2. The number of rotatable bonds is 5. The Morgan fingerprint density at radius 1 is 1.00 bits per heavy atom. The highest BCUT2D eigenvalue weighted by Gasteiger charge is 2.45. The standard InChI is InChI=1S/C29H34N4O2/c34-28-27-11-8-23(15-21(27)12-13-30-28)31-24-16-25-9-10-26(17-24)33(25)29(35)22-7-4-14-32(19-22)18-20-5-2-1-3-6-20/h1-3,5-6,8,11-13,15,22,24-26,31H,4,7,9-10,14,16-19H2,(H,30,34)/t22-,24?,25-,26+/m1/s1. The van der Waals surface area contributed by atoms with Crippen LogP contribution in [-0.4, -0.2) is 51.9 Å². The summed E-state index contributed by atoms with van der Waals surface area (Å²) >= 11 is 0. The molecule has 0 spiro atoms. The van der Waals surface area contributed by atoms with Gasteiger partial charge in [-0.05, 0) is 80.3 Å². The molecule has 2 N–H and O–H groups in total. The number of likely N-dealkylation sites (tertiary alicyclic amines) is 1. The van der Waals surface area contributed by atoms with Crippen molar-refractivity contribution in [1.82, 2.24) is 14.8 Å². The van der Waals surface area contributed by atoms with Crippen molar-refractivity contribution < 1.29 is 4.79 Å². The van der Waals surface area contributed by atoms with Gasteiger partial charge in [0.05, 0.1) is 5.92 Å². The molecule has 2 bridgehead atoms. The molecule has 6 rings (SSSR count). The van der Waals surface area contributed by atoms with E-state index in [2.05, 4.69) is 56.5 Å². The molecule has 1 aromatic heterocycles. The van der Waals surface area contributed by atoms with Crippen LogP contribution < -0.4 is 10.9 Å². The van der Waals surface area contributed by atoms with E-state index in [1.54, 1.807) is 6.20 Å². The van der Waals surface area contributed by atoms with Gasteiger partial charge in [0.2, 0.25) is 5.91 Å². The lowest BCUT2D eigenvalue weighted by Gasteiger charge is -2.42. The topological polar surface area (TPSA) is 68.4 Å². The van der Waals surface area contributed by atoms with Crippen molar-refractivity contribution >= 4 is 22.4 Å². The lowest BCUT2D eigenvalue weighted by molar-refractivity contribution is -0.142. The molecule has 3 fully saturated rings.